The van der Waals surface area contributed by atoms with E-state index >= 15 is 0 Å². The van der Waals surface area contributed by atoms with Crippen LogP contribution in [0.3, 0.4) is 0 Å². The van der Waals surface area contributed by atoms with Crippen molar-refractivity contribution in [3.63, 3.8) is 0 Å². The molecule has 1 aliphatic heterocycles. The first-order chi connectivity index (χ1) is 9.96. The fourth-order valence-corrected chi connectivity index (χ4v) is 4.09. The smallest absolute Gasteiger partial charge is 0.336 e. The Bertz CT molecular complexity index is 796. The summed E-state index contributed by atoms with van der Waals surface area (Å²) in [6, 6.07) is 6.30. The van der Waals surface area contributed by atoms with E-state index in [0.29, 0.717) is 12.0 Å². The van der Waals surface area contributed by atoms with Crippen molar-refractivity contribution in [2.45, 2.75) is 12.3 Å². The monoisotopic (exact) mass is 308 g/mol. The Hall–Kier alpha value is -2.22. The van der Waals surface area contributed by atoms with Gasteiger partial charge in [-0.3, -0.25) is 0 Å². The SMILES string of the molecule is O=C(O)c1ccccc1-c1nnc(C2CCS(=O)(=O)C2)o1. The van der Waals surface area contributed by atoms with E-state index in [-0.39, 0.29) is 34.8 Å². The zero-order valence-electron chi connectivity index (χ0n) is 10.9. The lowest BCUT2D eigenvalue weighted by atomic mass is 10.1. The van der Waals surface area contributed by atoms with Crippen molar-refractivity contribution in [3.8, 4) is 11.5 Å². The maximum absolute atomic E-state index is 11.5. The normalized spacial score (nSPS) is 20.5. The van der Waals surface area contributed by atoms with Gasteiger partial charge in [-0.25, -0.2) is 13.2 Å². The van der Waals surface area contributed by atoms with Crippen LogP contribution in [-0.2, 0) is 9.84 Å². The first kappa shape index (κ1) is 13.7. The zero-order valence-corrected chi connectivity index (χ0v) is 11.7. The van der Waals surface area contributed by atoms with Crippen LogP contribution in [0.2, 0.25) is 0 Å². The van der Waals surface area contributed by atoms with Crippen molar-refractivity contribution in [2.75, 3.05) is 11.5 Å². The van der Waals surface area contributed by atoms with Crippen molar-refractivity contribution in [1.29, 1.82) is 0 Å². The Labute approximate surface area is 120 Å². The molecule has 110 valence electrons. The number of sulfone groups is 1. The van der Waals surface area contributed by atoms with Crippen LogP contribution in [0, 0.1) is 0 Å². The first-order valence-corrected chi connectivity index (χ1v) is 8.15. The number of nitrogens with zero attached hydrogens (tertiary/aromatic N) is 2. The lowest BCUT2D eigenvalue weighted by molar-refractivity contribution is 0.0697. The van der Waals surface area contributed by atoms with Crippen molar-refractivity contribution in [1.82, 2.24) is 10.2 Å². The van der Waals surface area contributed by atoms with Crippen molar-refractivity contribution in [3.05, 3.63) is 35.7 Å². The molecular weight excluding hydrogens is 296 g/mol. The van der Waals surface area contributed by atoms with Crippen LogP contribution in [0.1, 0.15) is 28.6 Å². The largest absolute Gasteiger partial charge is 0.478 e. The topological polar surface area (TPSA) is 110 Å². The van der Waals surface area contributed by atoms with E-state index in [1.807, 2.05) is 0 Å². The van der Waals surface area contributed by atoms with E-state index < -0.39 is 15.8 Å². The summed E-state index contributed by atoms with van der Waals surface area (Å²) >= 11 is 0. The molecule has 1 aromatic heterocycles. The van der Waals surface area contributed by atoms with Gasteiger partial charge >= 0.3 is 5.97 Å². The molecule has 2 heterocycles. The quantitative estimate of drug-likeness (QED) is 0.910. The number of aromatic nitrogens is 2. The summed E-state index contributed by atoms with van der Waals surface area (Å²) in [5.74, 6) is -0.961. The van der Waals surface area contributed by atoms with Crippen LogP contribution in [0.5, 0.6) is 0 Å². The minimum atomic E-state index is -3.04. The van der Waals surface area contributed by atoms with E-state index in [2.05, 4.69) is 10.2 Å². The molecule has 8 heteroatoms. The summed E-state index contributed by atoms with van der Waals surface area (Å²) in [5.41, 5.74) is 0.386. The number of rotatable bonds is 3. The van der Waals surface area contributed by atoms with Gasteiger partial charge in [0.25, 0.3) is 0 Å². The van der Waals surface area contributed by atoms with Gasteiger partial charge < -0.3 is 9.52 Å². The number of carboxylic acids is 1. The maximum Gasteiger partial charge on any atom is 0.336 e. The third-order valence-corrected chi connectivity index (χ3v) is 5.18. The lowest BCUT2D eigenvalue weighted by Crippen LogP contribution is -2.03. The van der Waals surface area contributed by atoms with E-state index in [9.17, 15) is 13.2 Å². The first-order valence-electron chi connectivity index (χ1n) is 6.33. The summed E-state index contributed by atoms with van der Waals surface area (Å²) in [6.45, 7) is 0. The Balaban J connectivity index is 1.95. The Morgan fingerprint density at radius 3 is 2.71 bits per heavy atom. The van der Waals surface area contributed by atoms with E-state index in [1.54, 1.807) is 18.2 Å². The molecule has 0 amide bonds. The number of hydrogen-bond donors (Lipinski definition) is 1. The second kappa shape index (κ2) is 4.96. The molecule has 1 N–H and O–H groups in total. The molecule has 1 atom stereocenters. The average molecular weight is 308 g/mol. The van der Waals surface area contributed by atoms with E-state index in [4.69, 9.17) is 9.52 Å². The summed E-state index contributed by atoms with van der Waals surface area (Å²) in [7, 11) is -3.04. The van der Waals surface area contributed by atoms with Crippen LogP contribution < -0.4 is 0 Å². The molecular formula is C13H12N2O5S. The summed E-state index contributed by atoms with van der Waals surface area (Å²) in [4.78, 5) is 11.2. The Morgan fingerprint density at radius 2 is 2.05 bits per heavy atom. The number of aromatic carboxylic acids is 1. The molecule has 0 spiro atoms. The minimum absolute atomic E-state index is 0.00475. The highest BCUT2D eigenvalue weighted by Gasteiger charge is 2.33. The van der Waals surface area contributed by atoms with E-state index in [1.165, 1.54) is 6.07 Å². The van der Waals surface area contributed by atoms with Gasteiger partial charge in [0, 0.05) is 0 Å². The van der Waals surface area contributed by atoms with E-state index in [0.717, 1.165) is 0 Å². The predicted octanol–water partition coefficient (Wildman–Crippen LogP) is 1.34. The summed E-state index contributed by atoms with van der Waals surface area (Å²) < 4.78 is 28.4. The second-order valence-corrected chi connectivity index (χ2v) is 7.12. The van der Waals surface area contributed by atoms with Crippen LogP contribution in [0.25, 0.3) is 11.5 Å². The lowest BCUT2D eigenvalue weighted by Gasteiger charge is -2.01. The molecule has 0 radical (unpaired) electrons. The highest BCUT2D eigenvalue weighted by molar-refractivity contribution is 7.91. The molecule has 1 unspecified atom stereocenters. The van der Waals surface area contributed by atoms with Crippen LogP contribution in [0.4, 0.5) is 0 Å². The van der Waals surface area contributed by atoms with Crippen LogP contribution in [0.15, 0.2) is 28.7 Å². The third-order valence-electron chi connectivity index (χ3n) is 3.41. The van der Waals surface area contributed by atoms with Gasteiger partial charge in [-0.05, 0) is 18.6 Å². The third kappa shape index (κ3) is 2.66. The molecule has 0 aliphatic carbocycles. The van der Waals surface area contributed by atoms with Gasteiger partial charge in [-0.2, -0.15) is 0 Å². The van der Waals surface area contributed by atoms with Gasteiger partial charge in [0.05, 0.1) is 28.6 Å². The van der Waals surface area contributed by atoms with Crippen molar-refractivity contribution >= 4 is 15.8 Å². The van der Waals surface area contributed by atoms with Gasteiger partial charge in [-0.1, -0.05) is 12.1 Å². The number of carbonyl (C=O) groups is 1. The van der Waals surface area contributed by atoms with Crippen LogP contribution in [-0.4, -0.2) is 41.2 Å². The molecule has 1 fully saturated rings. The molecule has 3 rings (SSSR count). The highest BCUT2D eigenvalue weighted by Crippen LogP contribution is 2.30. The van der Waals surface area contributed by atoms with Gasteiger partial charge in [0.15, 0.2) is 9.84 Å². The predicted molar refractivity (Wildman–Crippen MR) is 72.7 cm³/mol. The Morgan fingerprint density at radius 1 is 1.29 bits per heavy atom. The average Bonchev–Trinajstić information content (AvgIpc) is 3.05. The number of benzene rings is 1. The molecule has 7 nitrogen and oxygen atoms in total. The van der Waals surface area contributed by atoms with Gasteiger partial charge in [0.1, 0.15) is 0 Å². The molecule has 1 aromatic carbocycles. The summed E-state index contributed by atoms with van der Waals surface area (Å²) in [5, 5.41) is 16.9. The fraction of sp³-hybridized carbons (Fsp3) is 0.308. The molecule has 21 heavy (non-hydrogen) atoms. The standard InChI is InChI=1S/C13H12N2O5S/c16-13(17)10-4-2-1-3-9(10)12-15-14-11(20-12)8-5-6-21(18,19)7-8/h1-4,8H,5-7H2,(H,16,17). The van der Waals surface area contributed by atoms with Crippen LogP contribution >= 0.6 is 0 Å². The second-order valence-electron chi connectivity index (χ2n) is 4.90. The molecule has 0 bridgehead atoms. The molecule has 0 saturated carbocycles. The van der Waals surface area contributed by atoms with Gasteiger partial charge in [0.2, 0.25) is 11.8 Å². The molecule has 2 aromatic rings. The highest BCUT2D eigenvalue weighted by atomic mass is 32.2. The van der Waals surface area contributed by atoms with Crippen molar-refractivity contribution < 1.29 is 22.7 Å². The minimum Gasteiger partial charge on any atom is -0.478 e. The van der Waals surface area contributed by atoms with Gasteiger partial charge in [-0.15, -0.1) is 10.2 Å². The van der Waals surface area contributed by atoms with Crippen molar-refractivity contribution in [2.24, 2.45) is 0 Å². The number of carboxylic acid groups (broad SMARTS) is 1. The molecule has 1 aliphatic rings. The summed E-state index contributed by atoms with van der Waals surface area (Å²) in [6.07, 6.45) is 0.449. The zero-order chi connectivity index (χ0) is 15.0. The fourth-order valence-electron chi connectivity index (χ4n) is 2.35. The Kier molecular flexibility index (Phi) is 3.25. The molecule has 1 saturated heterocycles. The number of hydrogen-bond acceptors (Lipinski definition) is 6. The maximum atomic E-state index is 11.5.